The van der Waals surface area contributed by atoms with E-state index in [1.165, 1.54) is 6.07 Å². The molecule has 0 bridgehead atoms. The number of carbonyl (C=O) groups is 2. The fourth-order valence-electron chi connectivity index (χ4n) is 5.31. The zero-order valence-electron chi connectivity index (χ0n) is 23.1. The van der Waals surface area contributed by atoms with Gasteiger partial charge in [0.25, 0.3) is 5.91 Å². The number of halogens is 3. The molecule has 1 saturated carbocycles. The lowest BCUT2D eigenvalue weighted by Crippen LogP contribution is -2.54. The molecule has 39 heavy (non-hydrogen) atoms. The maximum atomic E-state index is 13.5. The summed E-state index contributed by atoms with van der Waals surface area (Å²) >= 11 is 0. The van der Waals surface area contributed by atoms with Crippen molar-refractivity contribution < 1.29 is 27.5 Å². The van der Waals surface area contributed by atoms with Gasteiger partial charge in [0, 0.05) is 49.9 Å². The first-order chi connectivity index (χ1) is 18.1. The molecule has 1 aliphatic carbocycles. The summed E-state index contributed by atoms with van der Waals surface area (Å²) in [5.74, 6) is 0.0474. The summed E-state index contributed by atoms with van der Waals surface area (Å²) in [6, 6.07) is 3.54. The molecule has 2 fully saturated rings. The normalized spacial score (nSPS) is 18.6. The molecule has 1 N–H and O–H groups in total. The van der Waals surface area contributed by atoms with Gasteiger partial charge in [-0.3, -0.25) is 14.4 Å². The van der Waals surface area contributed by atoms with Gasteiger partial charge in [-0.15, -0.1) is 0 Å². The number of hydrogen-bond donors (Lipinski definition) is 1. The molecule has 212 valence electrons. The van der Waals surface area contributed by atoms with E-state index in [-0.39, 0.29) is 17.9 Å². The van der Waals surface area contributed by atoms with E-state index in [4.69, 9.17) is 4.74 Å². The van der Waals surface area contributed by atoms with E-state index < -0.39 is 22.9 Å². The highest BCUT2D eigenvalue weighted by Crippen LogP contribution is 2.45. The van der Waals surface area contributed by atoms with Crippen LogP contribution in [-0.2, 0) is 34.3 Å². The number of anilines is 1. The van der Waals surface area contributed by atoms with Crippen molar-refractivity contribution in [2.75, 3.05) is 25.0 Å². The van der Waals surface area contributed by atoms with Crippen LogP contribution in [0, 0.1) is 5.92 Å². The quantitative estimate of drug-likeness (QED) is 0.529. The minimum absolute atomic E-state index is 0.0333. The zero-order valence-corrected chi connectivity index (χ0v) is 23.1. The Bertz CT molecular complexity index is 1270. The van der Waals surface area contributed by atoms with Gasteiger partial charge in [0.15, 0.2) is 0 Å². The second-order valence-electron chi connectivity index (χ2n) is 12.5. The van der Waals surface area contributed by atoms with Crippen LogP contribution in [0.25, 0.3) is 0 Å². The highest BCUT2D eigenvalue weighted by Gasteiger charge is 2.40. The van der Waals surface area contributed by atoms with Gasteiger partial charge in [0.1, 0.15) is 11.1 Å². The smallest absolute Gasteiger partial charge is 0.416 e. The average Bonchev–Trinajstić information content (AvgIpc) is 3.43. The summed E-state index contributed by atoms with van der Waals surface area (Å²) in [5.41, 5.74) is 0.681. The van der Waals surface area contributed by atoms with E-state index in [1.807, 2.05) is 20.8 Å². The Balaban J connectivity index is 1.22. The van der Waals surface area contributed by atoms with Gasteiger partial charge < -0.3 is 15.0 Å². The van der Waals surface area contributed by atoms with E-state index in [9.17, 15) is 22.8 Å². The number of rotatable bonds is 6. The molecule has 8 nitrogen and oxygen atoms in total. The summed E-state index contributed by atoms with van der Waals surface area (Å²) in [4.78, 5) is 29.7. The molecule has 1 aromatic carbocycles. The van der Waals surface area contributed by atoms with Gasteiger partial charge in [-0.05, 0) is 77.1 Å². The summed E-state index contributed by atoms with van der Waals surface area (Å²) in [7, 11) is 0. The Morgan fingerprint density at radius 3 is 2.38 bits per heavy atom. The number of alkyl halides is 3. The molecule has 3 aliphatic rings. The number of amides is 2. The molecule has 0 spiro atoms. The maximum Gasteiger partial charge on any atom is 0.416 e. The molecular weight excluding hydrogens is 511 g/mol. The van der Waals surface area contributed by atoms with Gasteiger partial charge in [-0.25, -0.2) is 4.79 Å². The van der Waals surface area contributed by atoms with Crippen LogP contribution in [-0.4, -0.2) is 56.8 Å². The Morgan fingerprint density at radius 1 is 1.08 bits per heavy atom. The molecule has 2 aromatic rings. The van der Waals surface area contributed by atoms with Crippen molar-refractivity contribution in [1.29, 1.82) is 0 Å². The molecular formula is C28H36F3N5O3. The minimum Gasteiger partial charge on any atom is -0.444 e. The largest absolute Gasteiger partial charge is 0.444 e. The summed E-state index contributed by atoms with van der Waals surface area (Å²) in [6.07, 6.45) is -1.31. The number of hydrogen-bond acceptors (Lipinski definition) is 5. The van der Waals surface area contributed by atoms with Crippen LogP contribution in [0.1, 0.15) is 75.8 Å². The lowest BCUT2D eigenvalue weighted by atomic mass is 10.0. The number of carbonyl (C=O) groups excluding carboxylic acids is 2. The number of ether oxygens (including phenoxy) is 1. The van der Waals surface area contributed by atoms with E-state index in [0.29, 0.717) is 43.3 Å². The third kappa shape index (κ3) is 5.78. The monoisotopic (exact) mass is 547 g/mol. The van der Waals surface area contributed by atoms with Gasteiger partial charge in [0.2, 0.25) is 0 Å². The molecule has 0 atom stereocenters. The molecule has 0 radical (unpaired) electrons. The van der Waals surface area contributed by atoms with Crippen LogP contribution in [0.4, 0.5) is 23.7 Å². The van der Waals surface area contributed by atoms with Crippen molar-refractivity contribution in [1.82, 2.24) is 19.6 Å². The van der Waals surface area contributed by atoms with Crippen LogP contribution >= 0.6 is 0 Å². The van der Waals surface area contributed by atoms with Crippen molar-refractivity contribution in [3.63, 3.8) is 0 Å². The number of benzene rings is 1. The molecule has 1 saturated heterocycles. The third-order valence-electron chi connectivity index (χ3n) is 7.58. The molecule has 1 aromatic heterocycles. The Kier molecular flexibility index (Phi) is 6.72. The van der Waals surface area contributed by atoms with Crippen LogP contribution in [0.15, 0.2) is 24.4 Å². The number of likely N-dealkylation sites (tertiary alicyclic amines) is 1. The Hall–Kier alpha value is -3.08. The predicted molar refractivity (Wildman–Crippen MR) is 139 cm³/mol. The summed E-state index contributed by atoms with van der Waals surface area (Å²) < 4.78 is 47.0. The first kappa shape index (κ1) is 27.5. The van der Waals surface area contributed by atoms with Crippen LogP contribution in [0.2, 0.25) is 0 Å². The van der Waals surface area contributed by atoms with Crippen LogP contribution in [0.3, 0.4) is 0 Å². The zero-order chi connectivity index (χ0) is 28.3. The number of fused-ring (bicyclic) bond motifs is 1. The Labute approximate surface area is 226 Å². The van der Waals surface area contributed by atoms with E-state index in [1.54, 1.807) is 29.6 Å². The first-order valence-electron chi connectivity index (χ1n) is 13.4. The first-order valence-corrected chi connectivity index (χ1v) is 13.4. The van der Waals surface area contributed by atoms with Crippen LogP contribution < -0.4 is 5.32 Å². The lowest BCUT2D eigenvalue weighted by molar-refractivity contribution is -0.137. The van der Waals surface area contributed by atoms with E-state index in [2.05, 4.69) is 15.3 Å². The number of nitrogens with one attached hydrogen (secondary N) is 1. The van der Waals surface area contributed by atoms with Gasteiger partial charge in [-0.2, -0.15) is 18.3 Å². The molecule has 3 heterocycles. The highest BCUT2D eigenvalue weighted by atomic mass is 19.4. The third-order valence-corrected chi connectivity index (χ3v) is 7.58. The van der Waals surface area contributed by atoms with Crippen molar-refractivity contribution in [3.8, 4) is 0 Å². The van der Waals surface area contributed by atoms with Gasteiger partial charge >= 0.3 is 12.3 Å². The highest BCUT2D eigenvalue weighted by molar-refractivity contribution is 5.97. The predicted octanol–water partition coefficient (Wildman–Crippen LogP) is 5.34. The fourth-order valence-corrected chi connectivity index (χ4v) is 5.31. The molecule has 2 aliphatic heterocycles. The topological polar surface area (TPSA) is 79.7 Å². The molecule has 2 amide bonds. The molecule has 5 rings (SSSR count). The maximum absolute atomic E-state index is 13.5. The van der Waals surface area contributed by atoms with Crippen molar-refractivity contribution in [2.45, 2.75) is 83.8 Å². The number of nitrogens with zero attached hydrogens (tertiary/aromatic N) is 4. The van der Waals surface area contributed by atoms with Crippen LogP contribution in [0.5, 0.6) is 0 Å². The fraction of sp³-hybridized carbons (Fsp3) is 0.607. The van der Waals surface area contributed by atoms with Gasteiger partial charge in [0.05, 0.1) is 17.5 Å². The lowest BCUT2D eigenvalue weighted by Gasteiger charge is -2.41. The van der Waals surface area contributed by atoms with Crippen molar-refractivity contribution >= 4 is 17.7 Å². The Morgan fingerprint density at radius 2 is 1.77 bits per heavy atom. The van der Waals surface area contributed by atoms with Crippen molar-refractivity contribution in [2.24, 2.45) is 5.92 Å². The summed E-state index contributed by atoms with van der Waals surface area (Å²) in [6.45, 7) is 12.5. The number of aromatic nitrogens is 2. The second kappa shape index (κ2) is 9.53. The second-order valence-corrected chi connectivity index (χ2v) is 12.5. The molecule has 0 unspecified atom stereocenters. The standard InChI is InChI=1S/C28H36F3N5O3/c1-26(2,3)39-25(38)35-13-17(14-35)12-34-15-19-11-32-36(23(19)16-34)27(4,5)24(37)33-22-9-8-20(28(29,30)31)10-21(22)18-6-7-18/h8-11,17-18H,6-7,12-16H2,1-5H3,(H,33,37). The molecule has 11 heteroatoms. The van der Waals surface area contributed by atoms with E-state index in [0.717, 1.165) is 42.8 Å². The SMILES string of the molecule is CC(C)(C)OC(=O)N1CC(CN2Cc3cnn(C(C)(C)C(=O)Nc4ccc(C(F)(F)F)cc4C4CC4)c3C2)C1. The average molecular weight is 548 g/mol. The summed E-state index contributed by atoms with van der Waals surface area (Å²) in [5, 5.41) is 7.41. The van der Waals surface area contributed by atoms with Gasteiger partial charge in [-0.1, -0.05) is 0 Å². The minimum atomic E-state index is -4.43. The van der Waals surface area contributed by atoms with E-state index >= 15 is 0 Å². The van der Waals surface area contributed by atoms with Crippen molar-refractivity contribution in [3.05, 3.63) is 46.8 Å².